The number of methoxy groups -OCH3 is 1. The molecule has 0 aromatic carbocycles. The summed E-state index contributed by atoms with van der Waals surface area (Å²) in [4.78, 5) is 25.6. The molecule has 1 fully saturated rings. The van der Waals surface area contributed by atoms with Gasteiger partial charge in [-0.2, -0.15) is 0 Å². The lowest BCUT2D eigenvalue weighted by molar-refractivity contribution is -0.0536. The van der Waals surface area contributed by atoms with E-state index in [4.69, 9.17) is 14.2 Å². The number of aromatic amines is 1. The second-order valence-corrected chi connectivity index (χ2v) is 5.05. The van der Waals surface area contributed by atoms with E-state index in [9.17, 15) is 19.8 Å². The summed E-state index contributed by atoms with van der Waals surface area (Å²) in [5, 5.41) is 19.4. The van der Waals surface area contributed by atoms with Gasteiger partial charge in [-0.15, -0.1) is 0 Å². The fourth-order valence-electron chi connectivity index (χ4n) is 2.38. The molecule has 0 radical (unpaired) electrons. The maximum Gasteiger partial charge on any atom is 0.328 e. The highest BCUT2D eigenvalue weighted by molar-refractivity contribution is 5.14. The molecule has 124 valence electrons. The molecule has 2 unspecified atom stereocenters. The van der Waals surface area contributed by atoms with Crippen LogP contribution in [-0.2, 0) is 21.3 Å². The maximum atomic E-state index is 12.0. The molecule has 0 spiro atoms. The van der Waals surface area contributed by atoms with Gasteiger partial charge in [0.2, 0.25) is 0 Å². The first-order valence-electron chi connectivity index (χ1n) is 6.84. The summed E-state index contributed by atoms with van der Waals surface area (Å²) < 4.78 is 17.1. The van der Waals surface area contributed by atoms with Crippen molar-refractivity contribution in [3.63, 3.8) is 0 Å². The Hall–Kier alpha value is -1.52. The zero-order valence-corrected chi connectivity index (χ0v) is 12.4. The third-order valence-corrected chi connectivity index (χ3v) is 3.56. The first-order chi connectivity index (χ1) is 10.5. The van der Waals surface area contributed by atoms with Crippen LogP contribution in [0.5, 0.6) is 0 Å². The highest BCUT2D eigenvalue weighted by Gasteiger charge is 2.46. The molecule has 2 heterocycles. The van der Waals surface area contributed by atoms with E-state index < -0.39 is 42.3 Å². The molecule has 1 aliphatic heterocycles. The number of aliphatic hydroxyl groups is 2. The van der Waals surface area contributed by atoms with Gasteiger partial charge < -0.3 is 29.0 Å². The Bertz CT molecular complexity index is 611. The van der Waals surface area contributed by atoms with Crippen LogP contribution < -0.4 is 11.2 Å². The van der Waals surface area contributed by atoms with Gasteiger partial charge in [-0.25, -0.2) is 4.79 Å². The second kappa shape index (κ2) is 7.16. The molecule has 3 N–H and O–H groups in total. The van der Waals surface area contributed by atoms with Gasteiger partial charge in [-0.3, -0.25) is 9.78 Å². The van der Waals surface area contributed by atoms with Crippen molar-refractivity contribution in [2.75, 3.05) is 26.9 Å². The quantitative estimate of drug-likeness (QED) is 0.514. The van der Waals surface area contributed by atoms with E-state index >= 15 is 0 Å². The van der Waals surface area contributed by atoms with Gasteiger partial charge in [0, 0.05) is 20.4 Å². The largest absolute Gasteiger partial charge is 0.394 e. The fourth-order valence-corrected chi connectivity index (χ4v) is 2.38. The average Bonchev–Trinajstić information content (AvgIpc) is 2.80. The molecular formula is C13H20N2O7. The maximum absolute atomic E-state index is 12.0. The van der Waals surface area contributed by atoms with Gasteiger partial charge >= 0.3 is 5.69 Å². The average molecular weight is 316 g/mol. The van der Waals surface area contributed by atoms with E-state index in [-0.39, 0.29) is 12.2 Å². The van der Waals surface area contributed by atoms with Crippen LogP contribution in [-0.4, -0.2) is 65.0 Å². The van der Waals surface area contributed by atoms with Crippen LogP contribution in [0.3, 0.4) is 0 Å². The van der Waals surface area contributed by atoms with Crippen molar-refractivity contribution in [3.05, 3.63) is 32.6 Å². The molecular weight excluding hydrogens is 296 g/mol. The lowest BCUT2D eigenvalue weighted by Crippen LogP contribution is -2.37. The first kappa shape index (κ1) is 16.8. The standard InChI is InChI=1S/C13H20N2O7/c1-15-5-7(12(18)14-13(15)19)10-11(21-4-3-20-2)9(17)8(6-16)22-10/h5,8-11,16-17H,3-4,6H2,1-2H3,(H,14,18,19)/t8-,9?,10+,11?/m1/s1. The van der Waals surface area contributed by atoms with Crippen molar-refractivity contribution < 1.29 is 24.4 Å². The monoisotopic (exact) mass is 316 g/mol. The van der Waals surface area contributed by atoms with Crippen LogP contribution in [0.4, 0.5) is 0 Å². The zero-order chi connectivity index (χ0) is 16.3. The SMILES string of the molecule is COCCOC1C(O)[C@@H](CO)O[C@H]1c1cn(C)c(=O)[nH]c1=O. The Kier molecular flexibility index (Phi) is 5.48. The number of aryl methyl sites for hydroxylation is 1. The Morgan fingerprint density at radius 2 is 2.14 bits per heavy atom. The van der Waals surface area contributed by atoms with E-state index in [0.717, 1.165) is 0 Å². The van der Waals surface area contributed by atoms with Crippen molar-refractivity contribution >= 4 is 0 Å². The second-order valence-electron chi connectivity index (χ2n) is 5.05. The number of rotatable bonds is 6. The number of aliphatic hydroxyl groups excluding tert-OH is 2. The van der Waals surface area contributed by atoms with Gasteiger partial charge in [-0.05, 0) is 0 Å². The molecule has 1 saturated heterocycles. The van der Waals surface area contributed by atoms with Gasteiger partial charge in [0.05, 0.1) is 25.4 Å². The van der Waals surface area contributed by atoms with Crippen LogP contribution in [0.15, 0.2) is 15.8 Å². The van der Waals surface area contributed by atoms with E-state index in [0.29, 0.717) is 6.61 Å². The lowest BCUT2D eigenvalue weighted by atomic mass is 10.0. The molecule has 1 aliphatic rings. The van der Waals surface area contributed by atoms with Crippen LogP contribution in [0, 0.1) is 0 Å². The number of hydrogen-bond donors (Lipinski definition) is 3. The van der Waals surface area contributed by atoms with Gasteiger partial charge in [-0.1, -0.05) is 0 Å². The number of ether oxygens (including phenoxy) is 3. The van der Waals surface area contributed by atoms with Crippen LogP contribution in [0.25, 0.3) is 0 Å². The molecule has 9 heteroatoms. The summed E-state index contributed by atoms with van der Waals surface area (Å²) in [6.07, 6.45) is -2.35. The van der Waals surface area contributed by atoms with E-state index in [1.165, 1.54) is 24.9 Å². The molecule has 1 aromatic heterocycles. The van der Waals surface area contributed by atoms with Crippen LogP contribution in [0.2, 0.25) is 0 Å². The highest BCUT2D eigenvalue weighted by Crippen LogP contribution is 2.33. The predicted octanol–water partition coefficient (Wildman–Crippen LogP) is -2.10. The van der Waals surface area contributed by atoms with Crippen molar-refractivity contribution in [2.45, 2.75) is 24.4 Å². The van der Waals surface area contributed by atoms with Crippen LogP contribution in [0.1, 0.15) is 11.7 Å². The number of nitrogens with zero attached hydrogens (tertiary/aromatic N) is 1. The van der Waals surface area contributed by atoms with Crippen LogP contribution >= 0.6 is 0 Å². The summed E-state index contributed by atoms with van der Waals surface area (Å²) in [7, 11) is 2.99. The first-order valence-corrected chi connectivity index (χ1v) is 6.84. The van der Waals surface area contributed by atoms with E-state index in [1.54, 1.807) is 0 Å². The van der Waals surface area contributed by atoms with Gasteiger partial charge in [0.15, 0.2) is 0 Å². The van der Waals surface area contributed by atoms with Crippen molar-refractivity contribution in [2.24, 2.45) is 7.05 Å². The minimum absolute atomic E-state index is 0.152. The summed E-state index contributed by atoms with van der Waals surface area (Å²) in [5.41, 5.74) is -1.01. The summed E-state index contributed by atoms with van der Waals surface area (Å²) in [6, 6.07) is 0. The Morgan fingerprint density at radius 3 is 2.77 bits per heavy atom. The Labute approximate surface area is 126 Å². The third-order valence-electron chi connectivity index (χ3n) is 3.56. The number of H-pyrrole nitrogens is 1. The topological polar surface area (TPSA) is 123 Å². The molecule has 0 amide bonds. The molecule has 9 nitrogen and oxygen atoms in total. The molecule has 0 aliphatic carbocycles. The summed E-state index contributed by atoms with van der Waals surface area (Å²) in [5.74, 6) is 0. The highest BCUT2D eigenvalue weighted by atomic mass is 16.6. The molecule has 0 bridgehead atoms. The van der Waals surface area contributed by atoms with E-state index in [2.05, 4.69) is 4.98 Å². The zero-order valence-electron chi connectivity index (χ0n) is 12.4. The Morgan fingerprint density at radius 1 is 1.41 bits per heavy atom. The van der Waals surface area contributed by atoms with Crippen molar-refractivity contribution in [1.29, 1.82) is 0 Å². The third kappa shape index (κ3) is 3.28. The fraction of sp³-hybridized carbons (Fsp3) is 0.692. The molecule has 0 saturated carbocycles. The van der Waals surface area contributed by atoms with Gasteiger partial charge in [0.25, 0.3) is 5.56 Å². The number of aromatic nitrogens is 2. The van der Waals surface area contributed by atoms with E-state index in [1.807, 2.05) is 0 Å². The number of nitrogens with one attached hydrogen (secondary N) is 1. The minimum atomic E-state index is -1.09. The molecule has 2 rings (SSSR count). The minimum Gasteiger partial charge on any atom is -0.394 e. The normalized spacial score (nSPS) is 28.2. The van der Waals surface area contributed by atoms with Gasteiger partial charge in [0.1, 0.15) is 24.4 Å². The smallest absolute Gasteiger partial charge is 0.328 e. The van der Waals surface area contributed by atoms with Crippen molar-refractivity contribution in [1.82, 2.24) is 9.55 Å². The van der Waals surface area contributed by atoms with Crippen molar-refractivity contribution in [3.8, 4) is 0 Å². The molecule has 1 aromatic rings. The molecule has 22 heavy (non-hydrogen) atoms. The lowest BCUT2D eigenvalue weighted by Gasteiger charge is -2.20. The number of hydrogen-bond acceptors (Lipinski definition) is 7. The summed E-state index contributed by atoms with van der Waals surface area (Å²) in [6.45, 7) is 0.0920. The molecule has 4 atom stereocenters. The predicted molar refractivity (Wildman–Crippen MR) is 74.6 cm³/mol. The Balaban J connectivity index is 2.31. The summed E-state index contributed by atoms with van der Waals surface area (Å²) >= 11 is 0.